The minimum absolute atomic E-state index is 0.173. The Morgan fingerprint density at radius 3 is 2.60 bits per heavy atom. The van der Waals surface area contributed by atoms with E-state index in [1.54, 1.807) is 24.5 Å². The van der Waals surface area contributed by atoms with Gasteiger partial charge in [-0.3, -0.25) is 14.6 Å². The summed E-state index contributed by atoms with van der Waals surface area (Å²) in [7, 11) is 1.37. The fourth-order valence-electron chi connectivity index (χ4n) is 2.54. The van der Waals surface area contributed by atoms with E-state index < -0.39 is 0 Å². The third-order valence-corrected chi connectivity index (χ3v) is 3.96. The predicted molar refractivity (Wildman–Crippen MR) is 96.5 cm³/mol. The first-order chi connectivity index (χ1) is 12.2. The molecule has 126 valence electrons. The van der Waals surface area contributed by atoms with Crippen LogP contribution in [0.25, 0.3) is 10.8 Å². The van der Waals surface area contributed by atoms with Gasteiger partial charge in [-0.15, -0.1) is 0 Å². The number of aryl methyl sites for hydroxylation is 1. The maximum atomic E-state index is 12.4. The van der Waals surface area contributed by atoms with E-state index in [2.05, 4.69) is 15.0 Å². The molecular formula is C20H18N2O3. The first kappa shape index (κ1) is 16.6. The zero-order chi connectivity index (χ0) is 17.6. The van der Waals surface area contributed by atoms with Crippen LogP contribution in [0.2, 0.25) is 0 Å². The highest BCUT2D eigenvalue weighted by Crippen LogP contribution is 2.19. The van der Waals surface area contributed by atoms with Gasteiger partial charge in [0, 0.05) is 35.5 Å². The van der Waals surface area contributed by atoms with Gasteiger partial charge in [0.15, 0.2) is 0 Å². The molecule has 5 heteroatoms. The molecule has 0 saturated carbocycles. The molecule has 1 aromatic heterocycles. The molecule has 1 amide bonds. The Hall–Kier alpha value is -3.21. The van der Waals surface area contributed by atoms with Gasteiger partial charge in [-0.2, -0.15) is 0 Å². The molecule has 0 radical (unpaired) electrons. The second-order valence-corrected chi connectivity index (χ2v) is 5.66. The lowest BCUT2D eigenvalue weighted by Gasteiger charge is -2.07. The van der Waals surface area contributed by atoms with E-state index in [0.717, 1.165) is 22.0 Å². The molecule has 0 fully saturated rings. The monoisotopic (exact) mass is 334 g/mol. The Balaban J connectivity index is 1.66. The number of fused-ring (bicyclic) bond motifs is 1. The first-order valence-corrected chi connectivity index (χ1v) is 7.96. The summed E-state index contributed by atoms with van der Waals surface area (Å²) in [4.78, 5) is 27.6. The summed E-state index contributed by atoms with van der Waals surface area (Å²) in [6.07, 6.45) is 4.43. The SMILES string of the molecule is COC(=O)CCc1ccc(C(=O)Nc2ccc3cnccc3c2)cc1. The number of methoxy groups -OCH3 is 1. The van der Waals surface area contributed by atoms with Crippen LogP contribution in [0.5, 0.6) is 0 Å². The lowest BCUT2D eigenvalue weighted by Crippen LogP contribution is -2.11. The normalized spacial score (nSPS) is 10.4. The Labute approximate surface area is 145 Å². The standard InChI is InChI=1S/C20H18N2O3/c1-25-19(23)9-4-14-2-5-15(6-3-14)20(24)22-18-8-7-17-13-21-11-10-16(17)12-18/h2-3,5-8,10-13H,4,9H2,1H3,(H,22,24). The summed E-state index contributed by atoms with van der Waals surface area (Å²) in [5, 5.41) is 4.94. The van der Waals surface area contributed by atoms with Crippen LogP contribution < -0.4 is 5.32 Å². The number of esters is 1. The van der Waals surface area contributed by atoms with Crippen LogP contribution in [0.3, 0.4) is 0 Å². The number of anilines is 1. The molecule has 0 unspecified atom stereocenters. The molecular weight excluding hydrogens is 316 g/mol. The van der Waals surface area contributed by atoms with Crippen molar-refractivity contribution in [3.63, 3.8) is 0 Å². The number of nitrogens with zero attached hydrogens (tertiary/aromatic N) is 1. The van der Waals surface area contributed by atoms with Gasteiger partial charge >= 0.3 is 5.97 Å². The van der Waals surface area contributed by atoms with Crippen LogP contribution in [-0.2, 0) is 16.0 Å². The second kappa shape index (κ2) is 7.57. The Bertz CT molecular complexity index is 904. The first-order valence-electron chi connectivity index (χ1n) is 7.96. The molecule has 3 aromatic rings. The highest BCUT2D eigenvalue weighted by molar-refractivity contribution is 6.05. The molecule has 0 saturated heterocycles. The van der Waals surface area contributed by atoms with Gasteiger partial charge in [0.05, 0.1) is 7.11 Å². The van der Waals surface area contributed by atoms with Crippen molar-refractivity contribution in [2.45, 2.75) is 12.8 Å². The van der Waals surface area contributed by atoms with Crippen molar-refractivity contribution < 1.29 is 14.3 Å². The maximum Gasteiger partial charge on any atom is 0.305 e. The van der Waals surface area contributed by atoms with E-state index in [1.165, 1.54) is 7.11 Å². The number of ether oxygens (including phenoxy) is 1. The van der Waals surface area contributed by atoms with E-state index in [1.807, 2.05) is 36.4 Å². The number of carbonyl (C=O) groups is 2. The molecule has 1 N–H and O–H groups in total. The van der Waals surface area contributed by atoms with Crippen molar-refractivity contribution in [2.24, 2.45) is 0 Å². The third kappa shape index (κ3) is 4.20. The van der Waals surface area contributed by atoms with Crippen molar-refractivity contribution in [1.82, 2.24) is 4.98 Å². The number of carbonyl (C=O) groups excluding carboxylic acids is 2. The molecule has 0 aliphatic heterocycles. The molecule has 25 heavy (non-hydrogen) atoms. The van der Waals surface area contributed by atoms with Gasteiger partial charge in [-0.05, 0) is 47.7 Å². The summed E-state index contributed by atoms with van der Waals surface area (Å²) in [5.74, 6) is -0.416. The smallest absolute Gasteiger partial charge is 0.305 e. The number of pyridine rings is 1. The molecule has 0 aliphatic rings. The summed E-state index contributed by atoms with van der Waals surface area (Å²) in [6.45, 7) is 0. The fraction of sp³-hybridized carbons (Fsp3) is 0.150. The molecule has 3 rings (SSSR count). The van der Waals surface area contributed by atoms with E-state index in [-0.39, 0.29) is 11.9 Å². The maximum absolute atomic E-state index is 12.4. The summed E-state index contributed by atoms with van der Waals surface area (Å²) in [5.41, 5.74) is 2.29. The van der Waals surface area contributed by atoms with E-state index in [9.17, 15) is 9.59 Å². The lowest BCUT2D eigenvalue weighted by molar-refractivity contribution is -0.140. The lowest BCUT2D eigenvalue weighted by atomic mass is 10.1. The van der Waals surface area contributed by atoms with Crippen LogP contribution >= 0.6 is 0 Å². The van der Waals surface area contributed by atoms with E-state index in [0.29, 0.717) is 18.4 Å². The van der Waals surface area contributed by atoms with Gasteiger partial charge in [0.2, 0.25) is 0 Å². The summed E-state index contributed by atoms with van der Waals surface area (Å²) in [6, 6.07) is 14.8. The van der Waals surface area contributed by atoms with E-state index >= 15 is 0 Å². The number of amides is 1. The highest BCUT2D eigenvalue weighted by atomic mass is 16.5. The fourth-order valence-corrected chi connectivity index (χ4v) is 2.54. The average molecular weight is 334 g/mol. The molecule has 5 nitrogen and oxygen atoms in total. The average Bonchev–Trinajstić information content (AvgIpc) is 2.66. The molecule has 2 aromatic carbocycles. The molecule has 1 heterocycles. The highest BCUT2D eigenvalue weighted by Gasteiger charge is 2.07. The van der Waals surface area contributed by atoms with Crippen LogP contribution in [-0.4, -0.2) is 24.0 Å². The van der Waals surface area contributed by atoms with Gasteiger partial charge in [-0.1, -0.05) is 18.2 Å². The number of hydrogen-bond donors (Lipinski definition) is 1. The topological polar surface area (TPSA) is 68.3 Å². The van der Waals surface area contributed by atoms with Gasteiger partial charge in [0.25, 0.3) is 5.91 Å². The number of rotatable bonds is 5. The van der Waals surface area contributed by atoms with Crippen LogP contribution in [0.15, 0.2) is 60.9 Å². The van der Waals surface area contributed by atoms with Crippen molar-refractivity contribution in [2.75, 3.05) is 12.4 Å². The minimum atomic E-state index is -0.242. The zero-order valence-electron chi connectivity index (χ0n) is 13.9. The van der Waals surface area contributed by atoms with Crippen molar-refractivity contribution in [3.8, 4) is 0 Å². The van der Waals surface area contributed by atoms with Crippen molar-refractivity contribution in [3.05, 3.63) is 72.1 Å². The number of aromatic nitrogens is 1. The predicted octanol–water partition coefficient (Wildman–Crippen LogP) is 3.59. The number of benzene rings is 2. The third-order valence-electron chi connectivity index (χ3n) is 3.96. The van der Waals surface area contributed by atoms with Crippen molar-refractivity contribution >= 4 is 28.3 Å². The zero-order valence-corrected chi connectivity index (χ0v) is 13.9. The van der Waals surface area contributed by atoms with Gasteiger partial charge in [-0.25, -0.2) is 0 Å². The van der Waals surface area contributed by atoms with E-state index in [4.69, 9.17) is 0 Å². The Morgan fingerprint density at radius 1 is 1.04 bits per heavy atom. The molecule has 0 aliphatic carbocycles. The van der Waals surface area contributed by atoms with Crippen LogP contribution in [0, 0.1) is 0 Å². The summed E-state index contributed by atoms with van der Waals surface area (Å²) >= 11 is 0. The Morgan fingerprint density at radius 2 is 1.84 bits per heavy atom. The molecule has 0 bridgehead atoms. The quantitative estimate of drug-likeness (QED) is 0.724. The second-order valence-electron chi connectivity index (χ2n) is 5.66. The van der Waals surface area contributed by atoms with Crippen LogP contribution in [0.1, 0.15) is 22.3 Å². The summed E-state index contributed by atoms with van der Waals surface area (Å²) < 4.78 is 4.62. The largest absolute Gasteiger partial charge is 0.469 e. The number of nitrogens with one attached hydrogen (secondary N) is 1. The molecule has 0 atom stereocenters. The Kier molecular flexibility index (Phi) is 5.04. The van der Waals surface area contributed by atoms with Gasteiger partial charge < -0.3 is 10.1 Å². The number of hydrogen-bond acceptors (Lipinski definition) is 4. The minimum Gasteiger partial charge on any atom is -0.469 e. The van der Waals surface area contributed by atoms with Gasteiger partial charge in [0.1, 0.15) is 0 Å². The van der Waals surface area contributed by atoms with Crippen molar-refractivity contribution in [1.29, 1.82) is 0 Å². The molecule has 0 spiro atoms. The van der Waals surface area contributed by atoms with Crippen LogP contribution in [0.4, 0.5) is 5.69 Å².